The molecule has 1 aromatic carbocycles. The van der Waals surface area contributed by atoms with Gasteiger partial charge in [-0.25, -0.2) is 0 Å². The average Bonchev–Trinajstić information content (AvgIpc) is 2.93. The van der Waals surface area contributed by atoms with E-state index >= 15 is 0 Å². The highest BCUT2D eigenvalue weighted by Gasteiger charge is 2.36. The van der Waals surface area contributed by atoms with Gasteiger partial charge in [0.25, 0.3) is 0 Å². The van der Waals surface area contributed by atoms with E-state index in [4.69, 9.17) is 0 Å². The molecule has 2 aliphatic rings. The Morgan fingerprint density at radius 1 is 1.50 bits per heavy atom. The number of carbonyl (C=O) groups is 1. The number of hydrogen-bond acceptors (Lipinski definition) is 2. The van der Waals surface area contributed by atoms with Crippen LogP contribution in [0.5, 0.6) is 0 Å². The van der Waals surface area contributed by atoms with E-state index in [1.54, 1.807) is 0 Å². The number of nitrogens with zero attached hydrogens (tertiary/aromatic N) is 1. The highest BCUT2D eigenvalue weighted by molar-refractivity contribution is 5.99. The third-order valence-corrected chi connectivity index (χ3v) is 4.80. The Morgan fingerprint density at radius 2 is 2.36 bits per heavy atom. The van der Waals surface area contributed by atoms with E-state index in [1.807, 2.05) is 18.2 Å². The summed E-state index contributed by atoms with van der Waals surface area (Å²) < 4.78 is 0. The molecule has 2 N–H and O–H groups in total. The van der Waals surface area contributed by atoms with Gasteiger partial charge in [0.05, 0.1) is 5.92 Å². The van der Waals surface area contributed by atoms with Crippen LogP contribution in [0.4, 0.5) is 0 Å². The van der Waals surface area contributed by atoms with Crippen molar-refractivity contribution in [1.82, 2.24) is 9.88 Å². The van der Waals surface area contributed by atoms with E-state index < -0.39 is 11.9 Å². The molecular formula is C18H18N2O2. The second-order valence-electron chi connectivity index (χ2n) is 6.07. The van der Waals surface area contributed by atoms with Crippen molar-refractivity contribution in [2.24, 2.45) is 5.92 Å². The van der Waals surface area contributed by atoms with Crippen LogP contribution >= 0.6 is 0 Å². The molecule has 0 spiro atoms. The molecule has 2 aromatic rings. The van der Waals surface area contributed by atoms with Gasteiger partial charge in [-0.1, -0.05) is 24.3 Å². The first kappa shape index (κ1) is 13.3. The summed E-state index contributed by atoms with van der Waals surface area (Å²) in [5.74, 6) is -1.21. The summed E-state index contributed by atoms with van der Waals surface area (Å²) in [6, 6.07) is 6.45. The largest absolute Gasteiger partial charge is 0.481 e. The second-order valence-corrected chi connectivity index (χ2v) is 6.07. The van der Waals surface area contributed by atoms with Crippen LogP contribution in [0.2, 0.25) is 0 Å². The zero-order chi connectivity index (χ0) is 15.3. The molecule has 2 atom stereocenters. The van der Waals surface area contributed by atoms with Crippen molar-refractivity contribution < 1.29 is 9.90 Å². The zero-order valence-electron chi connectivity index (χ0n) is 12.2. The summed E-state index contributed by atoms with van der Waals surface area (Å²) in [6.07, 6.45) is 6.82. The fourth-order valence-electron chi connectivity index (χ4n) is 3.85. The number of carboxylic acid groups (broad SMARTS) is 1. The van der Waals surface area contributed by atoms with Crippen molar-refractivity contribution >= 4 is 22.4 Å². The summed E-state index contributed by atoms with van der Waals surface area (Å²) in [7, 11) is 0. The Balaban J connectivity index is 1.91. The average molecular weight is 294 g/mol. The molecule has 1 aliphatic carbocycles. The third-order valence-electron chi connectivity index (χ3n) is 4.80. The first-order valence-corrected chi connectivity index (χ1v) is 7.58. The van der Waals surface area contributed by atoms with E-state index in [9.17, 15) is 9.90 Å². The predicted octanol–water partition coefficient (Wildman–Crippen LogP) is 2.68. The molecule has 0 amide bonds. The molecule has 4 rings (SSSR count). The van der Waals surface area contributed by atoms with Gasteiger partial charge in [0, 0.05) is 36.2 Å². The SMILES string of the molecule is C=CCN1CC(C(=O)O)C=C2c3cccc4[nH]cc(c34)C[C@H]21. The van der Waals surface area contributed by atoms with Crippen LogP contribution < -0.4 is 0 Å². The number of rotatable bonds is 3. The number of aromatic amines is 1. The Labute approximate surface area is 128 Å². The Morgan fingerprint density at radius 3 is 3.14 bits per heavy atom. The normalized spacial score (nSPS) is 23.9. The summed E-state index contributed by atoms with van der Waals surface area (Å²) >= 11 is 0. The number of carboxylic acids is 1. The van der Waals surface area contributed by atoms with Gasteiger partial charge >= 0.3 is 5.97 Å². The van der Waals surface area contributed by atoms with Crippen molar-refractivity contribution in [2.75, 3.05) is 13.1 Å². The number of aliphatic carboxylic acids is 1. The van der Waals surface area contributed by atoms with Crippen molar-refractivity contribution in [3.63, 3.8) is 0 Å². The minimum atomic E-state index is -0.757. The van der Waals surface area contributed by atoms with Gasteiger partial charge in [0.1, 0.15) is 0 Å². The van der Waals surface area contributed by atoms with Crippen LogP contribution in [0.1, 0.15) is 11.1 Å². The van der Waals surface area contributed by atoms with Crippen LogP contribution in [0.3, 0.4) is 0 Å². The summed E-state index contributed by atoms with van der Waals surface area (Å²) in [6.45, 7) is 5.08. The summed E-state index contributed by atoms with van der Waals surface area (Å²) in [5, 5.41) is 10.7. The fourth-order valence-corrected chi connectivity index (χ4v) is 3.85. The standard InChI is InChI=1S/C18H18N2O2/c1-2-6-20-10-12(18(21)22)7-14-13-4-3-5-15-17(13)11(9-19-15)8-16(14)20/h2-5,7,9,12,16,19H,1,6,8,10H2,(H,21,22)/t12?,16-/m1/s1. The second kappa shape index (κ2) is 4.85. The molecule has 0 saturated carbocycles. The maximum Gasteiger partial charge on any atom is 0.311 e. The van der Waals surface area contributed by atoms with Gasteiger partial charge in [0.2, 0.25) is 0 Å². The molecule has 2 heterocycles. The van der Waals surface area contributed by atoms with Crippen molar-refractivity contribution in [3.05, 3.63) is 54.3 Å². The number of H-pyrrole nitrogens is 1. The van der Waals surface area contributed by atoms with Crippen molar-refractivity contribution in [2.45, 2.75) is 12.5 Å². The Kier molecular flexibility index (Phi) is 2.94. The Hall–Kier alpha value is -2.33. The van der Waals surface area contributed by atoms with Gasteiger partial charge in [-0.3, -0.25) is 9.69 Å². The number of aromatic nitrogens is 1. The maximum absolute atomic E-state index is 11.5. The molecule has 0 radical (unpaired) electrons. The van der Waals surface area contributed by atoms with E-state index in [1.165, 1.54) is 16.5 Å². The smallest absolute Gasteiger partial charge is 0.311 e. The lowest BCUT2D eigenvalue weighted by molar-refractivity contribution is -0.140. The molecule has 0 fully saturated rings. The zero-order valence-corrected chi connectivity index (χ0v) is 12.2. The Bertz CT molecular complexity index is 803. The maximum atomic E-state index is 11.5. The molecule has 4 nitrogen and oxygen atoms in total. The van der Waals surface area contributed by atoms with Gasteiger partial charge in [0.15, 0.2) is 0 Å². The van der Waals surface area contributed by atoms with Crippen LogP contribution in [-0.4, -0.2) is 40.1 Å². The number of hydrogen-bond donors (Lipinski definition) is 2. The van der Waals surface area contributed by atoms with Gasteiger partial charge < -0.3 is 10.1 Å². The van der Waals surface area contributed by atoms with Gasteiger partial charge in [-0.15, -0.1) is 6.58 Å². The predicted molar refractivity (Wildman–Crippen MR) is 86.7 cm³/mol. The minimum absolute atomic E-state index is 0.238. The molecule has 1 aliphatic heterocycles. The van der Waals surface area contributed by atoms with E-state index in [0.717, 1.165) is 17.5 Å². The molecule has 0 saturated heterocycles. The molecule has 112 valence electrons. The lowest BCUT2D eigenvalue weighted by Crippen LogP contribution is -2.46. The van der Waals surface area contributed by atoms with Gasteiger partial charge in [-0.2, -0.15) is 0 Å². The molecule has 1 aromatic heterocycles. The minimum Gasteiger partial charge on any atom is -0.481 e. The lowest BCUT2D eigenvalue weighted by Gasteiger charge is -2.40. The quantitative estimate of drug-likeness (QED) is 0.856. The van der Waals surface area contributed by atoms with Crippen molar-refractivity contribution in [3.8, 4) is 0 Å². The van der Waals surface area contributed by atoms with Gasteiger partial charge in [-0.05, 0) is 29.2 Å². The van der Waals surface area contributed by atoms with Crippen molar-refractivity contribution in [1.29, 1.82) is 0 Å². The van der Waals surface area contributed by atoms with E-state index in [2.05, 4.69) is 34.8 Å². The number of fused-ring (bicyclic) bond motifs is 2. The topological polar surface area (TPSA) is 56.3 Å². The first-order chi connectivity index (χ1) is 10.7. The highest BCUT2D eigenvalue weighted by Crippen LogP contribution is 2.41. The van der Waals surface area contributed by atoms with Crippen LogP contribution in [0.15, 0.2) is 43.1 Å². The monoisotopic (exact) mass is 294 g/mol. The lowest BCUT2D eigenvalue weighted by atomic mass is 9.79. The number of nitrogens with one attached hydrogen (secondary N) is 1. The highest BCUT2D eigenvalue weighted by atomic mass is 16.4. The summed E-state index contributed by atoms with van der Waals surface area (Å²) in [5.41, 5.74) is 4.76. The van der Waals surface area contributed by atoms with Crippen LogP contribution in [0, 0.1) is 5.92 Å². The molecule has 1 unspecified atom stereocenters. The fraction of sp³-hybridized carbons (Fsp3) is 0.278. The molecular weight excluding hydrogens is 276 g/mol. The van der Waals surface area contributed by atoms with Crippen LogP contribution in [0.25, 0.3) is 16.5 Å². The van der Waals surface area contributed by atoms with E-state index in [0.29, 0.717) is 13.1 Å². The molecule has 0 bridgehead atoms. The number of benzene rings is 1. The summed E-state index contributed by atoms with van der Waals surface area (Å²) in [4.78, 5) is 17.1. The third kappa shape index (κ3) is 1.84. The van der Waals surface area contributed by atoms with E-state index in [-0.39, 0.29) is 6.04 Å². The molecule has 4 heteroatoms. The molecule has 22 heavy (non-hydrogen) atoms. The first-order valence-electron chi connectivity index (χ1n) is 7.58. The van der Waals surface area contributed by atoms with Crippen LogP contribution in [-0.2, 0) is 11.2 Å².